The number of benzene rings is 3. The first-order chi connectivity index (χ1) is 16.2. The molecule has 1 aliphatic carbocycles. The van der Waals surface area contributed by atoms with Crippen LogP contribution in [0, 0.1) is 0 Å². The molecule has 5 heteroatoms. The van der Waals surface area contributed by atoms with Crippen molar-refractivity contribution < 1.29 is 19.5 Å². The minimum atomic E-state index is -0.769. The van der Waals surface area contributed by atoms with Crippen LogP contribution >= 0.6 is 0 Å². The fourth-order valence-electron chi connectivity index (χ4n) is 4.33. The number of carboxylic acids is 1. The lowest BCUT2D eigenvalue weighted by Crippen LogP contribution is -2.19. The van der Waals surface area contributed by atoms with E-state index in [0.29, 0.717) is 19.6 Å². The Hall–Kier alpha value is -3.60. The number of nitrogens with zero attached hydrogens (tertiary/aromatic N) is 1. The number of rotatable bonds is 9. The van der Waals surface area contributed by atoms with Crippen molar-refractivity contribution >= 4 is 11.7 Å². The lowest BCUT2D eigenvalue weighted by Gasteiger charge is -2.24. The Morgan fingerprint density at radius 3 is 2.45 bits per heavy atom. The van der Waals surface area contributed by atoms with Gasteiger partial charge in [-0.05, 0) is 59.6 Å². The molecular weight excluding hydrogens is 414 g/mol. The predicted octanol–water partition coefficient (Wildman–Crippen LogP) is 6.07. The monoisotopic (exact) mass is 443 g/mol. The standard InChI is InChI=1S/C28H29NO4/c1-2-26(22-16-14-21(15-17-22)20-8-4-3-5-9-20)29-33-19-18-32-27-13-7-10-23-24(27)11-6-12-25(23)28(30)31/h3-5,7-10,13-17,25H,2,6,11-12,18-19H2,1H3,(H,30,31)/b29-26+. The van der Waals surface area contributed by atoms with Gasteiger partial charge in [0.25, 0.3) is 0 Å². The summed E-state index contributed by atoms with van der Waals surface area (Å²) in [4.78, 5) is 17.1. The van der Waals surface area contributed by atoms with Crippen LogP contribution in [0.3, 0.4) is 0 Å². The second kappa shape index (κ2) is 10.8. The molecule has 1 N–H and O–H groups in total. The summed E-state index contributed by atoms with van der Waals surface area (Å²) in [5.74, 6) is -0.466. The summed E-state index contributed by atoms with van der Waals surface area (Å²) in [6, 6.07) is 24.3. The second-order valence-electron chi connectivity index (χ2n) is 8.12. The van der Waals surface area contributed by atoms with E-state index in [-0.39, 0.29) is 0 Å². The first-order valence-electron chi connectivity index (χ1n) is 11.5. The molecule has 1 unspecified atom stereocenters. The molecule has 0 spiro atoms. The Balaban J connectivity index is 1.34. The van der Waals surface area contributed by atoms with Crippen LogP contribution in [0.5, 0.6) is 5.75 Å². The van der Waals surface area contributed by atoms with Crippen LogP contribution in [0.15, 0.2) is 78.0 Å². The molecule has 0 aromatic heterocycles. The zero-order valence-corrected chi connectivity index (χ0v) is 18.9. The zero-order chi connectivity index (χ0) is 23.0. The van der Waals surface area contributed by atoms with Crippen LogP contribution in [0.2, 0.25) is 0 Å². The maximum atomic E-state index is 11.6. The molecule has 4 rings (SSSR count). The molecule has 170 valence electrons. The van der Waals surface area contributed by atoms with Crippen molar-refractivity contribution in [3.05, 3.63) is 89.5 Å². The second-order valence-corrected chi connectivity index (χ2v) is 8.12. The van der Waals surface area contributed by atoms with Gasteiger partial charge < -0.3 is 14.7 Å². The van der Waals surface area contributed by atoms with Crippen LogP contribution in [0.1, 0.15) is 48.8 Å². The number of hydrogen-bond acceptors (Lipinski definition) is 4. The summed E-state index contributed by atoms with van der Waals surface area (Å²) in [5.41, 5.74) is 6.15. The molecule has 0 amide bonds. The topological polar surface area (TPSA) is 68.1 Å². The van der Waals surface area contributed by atoms with Crippen LogP contribution < -0.4 is 4.74 Å². The lowest BCUT2D eigenvalue weighted by atomic mass is 9.82. The highest BCUT2D eigenvalue weighted by atomic mass is 16.6. The highest BCUT2D eigenvalue weighted by Crippen LogP contribution is 2.36. The first-order valence-corrected chi connectivity index (χ1v) is 11.5. The van der Waals surface area contributed by atoms with Crippen LogP contribution in [0.25, 0.3) is 11.1 Å². The summed E-state index contributed by atoms with van der Waals surface area (Å²) in [5, 5.41) is 13.8. The molecule has 0 fully saturated rings. The van der Waals surface area contributed by atoms with Gasteiger partial charge in [-0.25, -0.2) is 0 Å². The number of hydrogen-bond donors (Lipinski definition) is 1. The van der Waals surface area contributed by atoms with E-state index in [0.717, 1.165) is 47.4 Å². The third-order valence-corrected chi connectivity index (χ3v) is 6.03. The summed E-state index contributed by atoms with van der Waals surface area (Å²) in [7, 11) is 0. The normalized spacial score (nSPS) is 15.5. The molecule has 1 atom stereocenters. The van der Waals surface area contributed by atoms with Gasteiger partial charge in [0, 0.05) is 0 Å². The van der Waals surface area contributed by atoms with Crippen molar-refractivity contribution in [2.45, 2.75) is 38.5 Å². The summed E-state index contributed by atoms with van der Waals surface area (Å²) >= 11 is 0. The van der Waals surface area contributed by atoms with Gasteiger partial charge in [0.1, 0.15) is 12.4 Å². The summed E-state index contributed by atoms with van der Waals surface area (Å²) < 4.78 is 5.93. The molecule has 33 heavy (non-hydrogen) atoms. The predicted molar refractivity (Wildman–Crippen MR) is 130 cm³/mol. The van der Waals surface area contributed by atoms with Gasteiger partial charge in [-0.3, -0.25) is 4.79 Å². The largest absolute Gasteiger partial charge is 0.490 e. The van der Waals surface area contributed by atoms with Gasteiger partial charge in [-0.15, -0.1) is 0 Å². The average Bonchev–Trinajstić information content (AvgIpc) is 2.86. The quantitative estimate of drug-likeness (QED) is 0.248. The van der Waals surface area contributed by atoms with E-state index in [1.807, 2.05) is 36.4 Å². The van der Waals surface area contributed by atoms with Crippen LogP contribution in [-0.4, -0.2) is 30.0 Å². The van der Waals surface area contributed by atoms with Gasteiger partial charge in [-0.2, -0.15) is 0 Å². The first kappa shape index (κ1) is 22.6. The number of aliphatic carboxylic acids is 1. The van der Waals surface area contributed by atoms with E-state index < -0.39 is 11.9 Å². The average molecular weight is 444 g/mol. The smallest absolute Gasteiger partial charge is 0.310 e. The van der Waals surface area contributed by atoms with Crippen molar-refractivity contribution in [2.24, 2.45) is 5.16 Å². The SMILES string of the molecule is CC/C(=N\OCCOc1cccc2c1CCCC2C(=O)O)c1ccc(-c2ccccc2)cc1. The van der Waals surface area contributed by atoms with Gasteiger partial charge in [0.2, 0.25) is 0 Å². The van der Waals surface area contributed by atoms with Gasteiger partial charge >= 0.3 is 5.97 Å². The number of ether oxygens (including phenoxy) is 1. The molecule has 1 aliphatic rings. The number of fused-ring (bicyclic) bond motifs is 1. The highest BCUT2D eigenvalue weighted by Gasteiger charge is 2.27. The van der Waals surface area contributed by atoms with E-state index in [2.05, 4.69) is 48.5 Å². The Kier molecular flexibility index (Phi) is 7.40. The fourth-order valence-corrected chi connectivity index (χ4v) is 4.33. The zero-order valence-electron chi connectivity index (χ0n) is 18.9. The van der Waals surface area contributed by atoms with Gasteiger partial charge in [-0.1, -0.05) is 78.8 Å². The molecule has 0 bridgehead atoms. The van der Waals surface area contributed by atoms with E-state index in [9.17, 15) is 9.90 Å². The number of carbonyl (C=O) groups is 1. The Morgan fingerprint density at radius 1 is 0.970 bits per heavy atom. The van der Waals surface area contributed by atoms with E-state index in [1.165, 1.54) is 11.1 Å². The Bertz CT molecular complexity index is 1110. The minimum Gasteiger partial charge on any atom is -0.490 e. The Labute approximate surface area is 194 Å². The molecule has 0 aliphatic heterocycles. The van der Waals surface area contributed by atoms with Crippen LogP contribution in [0.4, 0.5) is 0 Å². The van der Waals surface area contributed by atoms with Crippen LogP contribution in [-0.2, 0) is 16.1 Å². The van der Waals surface area contributed by atoms with Crippen molar-refractivity contribution in [2.75, 3.05) is 13.2 Å². The maximum Gasteiger partial charge on any atom is 0.310 e. The summed E-state index contributed by atoms with van der Waals surface area (Å²) in [6.07, 6.45) is 3.13. The van der Waals surface area contributed by atoms with Gasteiger partial charge in [0.15, 0.2) is 6.61 Å². The van der Waals surface area contributed by atoms with Gasteiger partial charge in [0.05, 0.1) is 11.6 Å². The fraction of sp³-hybridized carbons (Fsp3) is 0.286. The van der Waals surface area contributed by atoms with Crippen molar-refractivity contribution in [3.63, 3.8) is 0 Å². The molecule has 0 radical (unpaired) electrons. The van der Waals surface area contributed by atoms with E-state index in [4.69, 9.17) is 9.57 Å². The van der Waals surface area contributed by atoms with Crippen molar-refractivity contribution in [3.8, 4) is 16.9 Å². The van der Waals surface area contributed by atoms with E-state index in [1.54, 1.807) is 0 Å². The molecule has 0 heterocycles. The minimum absolute atomic E-state index is 0.317. The molecular formula is C28H29NO4. The lowest BCUT2D eigenvalue weighted by molar-refractivity contribution is -0.139. The van der Waals surface area contributed by atoms with E-state index >= 15 is 0 Å². The number of oxime groups is 1. The third kappa shape index (κ3) is 5.43. The van der Waals surface area contributed by atoms with Crippen molar-refractivity contribution in [1.82, 2.24) is 0 Å². The Morgan fingerprint density at radius 2 is 1.73 bits per heavy atom. The van der Waals surface area contributed by atoms with Crippen molar-refractivity contribution in [1.29, 1.82) is 0 Å². The molecule has 5 nitrogen and oxygen atoms in total. The summed E-state index contributed by atoms with van der Waals surface area (Å²) in [6.45, 7) is 2.72. The molecule has 0 saturated heterocycles. The molecule has 3 aromatic carbocycles. The molecule has 3 aromatic rings. The highest BCUT2D eigenvalue weighted by molar-refractivity contribution is 6.00. The molecule has 0 saturated carbocycles. The number of carboxylic acid groups (broad SMARTS) is 1. The maximum absolute atomic E-state index is 11.6. The third-order valence-electron chi connectivity index (χ3n) is 6.03.